The molecule has 2 aromatic rings. The van der Waals surface area contributed by atoms with Gasteiger partial charge in [-0.05, 0) is 44.9 Å². The van der Waals surface area contributed by atoms with E-state index in [1.54, 1.807) is 12.1 Å². The summed E-state index contributed by atoms with van der Waals surface area (Å²) in [6.07, 6.45) is 4.25. The van der Waals surface area contributed by atoms with Crippen LogP contribution in [0.25, 0.3) is 11.5 Å². The van der Waals surface area contributed by atoms with E-state index in [1.807, 2.05) is 6.92 Å². The Morgan fingerprint density at radius 3 is 3.00 bits per heavy atom. The van der Waals surface area contributed by atoms with Gasteiger partial charge in [0.25, 0.3) is 5.89 Å². The molecular weight excluding hydrogens is 257 g/mol. The standard InChI is InChI=1S/C15H18FN3O/c1-10-4-7-13(16)12(9-10)15-19-18-14(20-15)3-2-8-17-11-5-6-11/h4,7,9,11,17H,2-3,5-6,8H2,1H3. The third kappa shape index (κ3) is 3.22. The molecule has 0 bridgehead atoms. The number of nitrogens with zero attached hydrogens (tertiary/aromatic N) is 2. The molecule has 1 aromatic carbocycles. The lowest BCUT2D eigenvalue weighted by Crippen LogP contribution is -2.17. The van der Waals surface area contributed by atoms with Crippen LogP contribution in [0.4, 0.5) is 4.39 Å². The van der Waals surface area contributed by atoms with Crippen molar-refractivity contribution in [1.82, 2.24) is 15.5 Å². The van der Waals surface area contributed by atoms with E-state index in [4.69, 9.17) is 4.42 Å². The maximum absolute atomic E-state index is 13.7. The van der Waals surface area contributed by atoms with E-state index in [1.165, 1.54) is 18.9 Å². The monoisotopic (exact) mass is 275 g/mol. The summed E-state index contributed by atoms with van der Waals surface area (Å²) in [5, 5.41) is 11.4. The predicted molar refractivity (Wildman–Crippen MR) is 73.8 cm³/mol. The number of rotatable bonds is 6. The van der Waals surface area contributed by atoms with Crippen LogP contribution < -0.4 is 5.32 Å². The largest absolute Gasteiger partial charge is 0.421 e. The highest BCUT2D eigenvalue weighted by atomic mass is 19.1. The lowest BCUT2D eigenvalue weighted by molar-refractivity contribution is 0.487. The van der Waals surface area contributed by atoms with Gasteiger partial charge in [0.2, 0.25) is 5.89 Å². The maximum atomic E-state index is 13.7. The fraction of sp³-hybridized carbons (Fsp3) is 0.467. The highest BCUT2D eigenvalue weighted by Gasteiger charge is 2.19. The van der Waals surface area contributed by atoms with Gasteiger partial charge in [-0.1, -0.05) is 11.6 Å². The van der Waals surface area contributed by atoms with Crippen LogP contribution in [0.3, 0.4) is 0 Å². The van der Waals surface area contributed by atoms with E-state index in [-0.39, 0.29) is 11.7 Å². The van der Waals surface area contributed by atoms with Crippen LogP contribution in [0.5, 0.6) is 0 Å². The first-order chi connectivity index (χ1) is 9.72. The van der Waals surface area contributed by atoms with Crippen molar-refractivity contribution in [1.29, 1.82) is 0 Å². The van der Waals surface area contributed by atoms with E-state index < -0.39 is 0 Å². The topological polar surface area (TPSA) is 51.0 Å². The van der Waals surface area contributed by atoms with Crippen LogP contribution in [-0.4, -0.2) is 22.8 Å². The molecule has 5 heteroatoms. The zero-order valence-electron chi connectivity index (χ0n) is 11.5. The molecule has 0 amide bonds. The second kappa shape index (κ2) is 5.71. The molecule has 0 spiro atoms. The summed E-state index contributed by atoms with van der Waals surface area (Å²) in [5.41, 5.74) is 1.34. The molecule has 1 aliphatic rings. The van der Waals surface area contributed by atoms with Crippen molar-refractivity contribution in [3.05, 3.63) is 35.5 Å². The molecule has 0 saturated heterocycles. The van der Waals surface area contributed by atoms with Gasteiger partial charge in [-0.15, -0.1) is 10.2 Å². The van der Waals surface area contributed by atoms with Crippen molar-refractivity contribution in [3.8, 4) is 11.5 Å². The molecule has 0 unspecified atom stereocenters. The van der Waals surface area contributed by atoms with Crippen LogP contribution in [0.1, 0.15) is 30.7 Å². The van der Waals surface area contributed by atoms with Crippen molar-refractivity contribution in [2.75, 3.05) is 6.54 Å². The Morgan fingerprint density at radius 1 is 1.35 bits per heavy atom. The smallest absolute Gasteiger partial charge is 0.250 e. The Kier molecular flexibility index (Phi) is 3.78. The lowest BCUT2D eigenvalue weighted by atomic mass is 10.1. The molecule has 1 N–H and O–H groups in total. The molecule has 4 nitrogen and oxygen atoms in total. The molecule has 1 heterocycles. The highest BCUT2D eigenvalue weighted by molar-refractivity contribution is 5.54. The maximum Gasteiger partial charge on any atom is 0.250 e. The van der Waals surface area contributed by atoms with Crippen molar-refractivity contribution >= 4 is 0 Å². The normalized spacial score (nSPS) is 14.7. The number of aromatic nitrogens is 2. The molecule has 0 atom stereocenters. The zero-order valence-corrected chi connectivity index (χ0v) is 11.5. The summed E-state index contributed by atoms with van der Waals surface area (Å²) >= 11 is 0. The Hall–Kier alpha value is -1.75. The van der Waals surface area contributed by atoms with Crippen molar-refractivity contribution in [2.45, 2.75) is 38.6 Å². The average Bonchev–Trinajstić information content (AvgIpc) is 3.15. The fourth-order valence-corrected chi connectivity index (χ4v) is 2.10. The van der Waals surface area contributed by atoms with Gasteiger partial charge in [-0.25, -0.2) is 4.39 Å². The molecule has 20 heavy (non-hydrogen) atoms. The van der Waals surface area contributed by atoms with Crippen LogP contribution in [0.15, 0.2) is 22.6 Å². The van der Waals surface area contributed by atoms with Gasteiger partial charge in [0, 0.05) is 12.5 Å². The number of hydrogen-bond donors (Lipinski definition) is 1. The third-order valence-corrected chi connectivity index (χ3v) is 3.40. The van der Waals surface area contributed by atoms with Gasteiger partial charge in [-0.2, -0.15) is 0 Å². The van der Waals surface area contributed by atoms with Gasteiger partial charge >= 0.3 is 0 Å². The number of benzene rings is 1. The molecule has 3 rings (SSSR count). The molecule has 0 radical (unpaired) electrons. The first kappa shape index (κ1) is 13.2. The molecule has 0 aliphatic heterocycles. The second-order valence-corrected chi connectivity index (χ2v) is 5.32. The summed E-state index contributed by atoms with van der Waals surface area (Å²) in [6.45, 7) is 2.87. The summed E-state index contributed by atoms with van der Waals surface area (Å²) in [4.78, 5) is 0. The number of nitrogens with one attached hydrogen (secondary N) is 1. The highest BCUT2D eigenvalue weighted by Crippen LogP contribution is 2.23. The quantitative estimate of drug-likeness (QED) is 0.824. The van der Waals surface area contributed by atoms with E-state index >= 15 is 0 Å². The zero-order chi connectivity index (χ0) is 13.9. The minimum Gasteiger partial charge on any atom is -0.421 e. The van der Waals surface area contributed by atoms with Crippen LogP contribution in [-0.2, 0) is 6.42 Å². The van der Waals surface area contributed by atoms with Crippen LogP contribution in [0.2, 0.25) is 0 Å². The number of hydrogen-bond acceptors (Lipinski definition) is 4. The SMILES string of the molecule is Cc1ccc(F)c(-c2nnc(CCCNC3CC3)o2)c1. The lowest BCUT2D eigenvalue weighted by Gasteiger charge is -2.00. The molecule has 1 saturated carbocycles. The van der Waals surface area contributed by atoms with E-state index in [0.29, 0.717) is 11.5 Å². The van der Waals surface area contributed by atoms with Crippen molar-refractivity contribution in [2.24, 2.45) is 0 Å². The molecule has 1 aliphatic carbocycles. The van der Waals surface area contributed by atoms with Gasteiger partial charge in [0.15, 0.2) is 0 Å². The number of halogens is 1. The summed E-state index contributed by atoms with van der Waals surface area (Å²) in [7, 11) is 0. The van der Waals surface area contributed by atoms with E-state index in [9.17, 15) is 4.39 Å². The molecule has 106 valence electrons. The molecule has 1 fully saturated rings. The van der Waals surface area contributed by atoms with E-state index in [0.717, 1.165) is 31.0 Å². The second-order valence-electron chi connectivity index (χ2n) is 5.32. The van der Waals surface area contributed by atoms with Gasteiger partial charge in [0.05, 0.1) is 5.56 Å². The minimum atomic E-state index is -0.332. The predicted octanol–water partition coefficient (Wildman–Crippen LogP) is 2.87. The van der Waals surface area contributed by atoms with Crippen molar-refractivity contribution in [3.63, 3.8) is 0 Å². The summed E-state index contributed by atoms with van der Waals surface area (Å²) in [5.74, 6) is 0.496. The number of aryl methyl sites for hydroxylation is 2. The summed E-state index contributed by atoms with van der Waals surface area (Å²) < 4.78 is 19.3. The Labute approximate surface area is 117 Å². The minimum absolute atomic E-state index is 0.261. The average molecular weight is 275 g/mol. The first-order valence-electron chi connectivity index (χ1n) is 7.04. The van der Waals surface area contributed by atoms with Crippen LogP contribution in [0, 0.1) is 12.7 Å². The fourth-order valence-electron chi connectivity index (χ4n) is 2.10. The Morgan fingerprint density at radius 2 is 2.20 bits per heavy atom. The Balaban J connectivity index is 1.61. The van der Waals surface area contributed by atoms with E-state index in [2.05, 4.69) is 15.5 Å². The third-order valence-electron chi connectivity index (χ3n) is 3.40. The van der Waals surface area contributed by atoms with Gasteiger partial charge < -0.3 is 9.73 Å². The van der Waals surface area contributed by atoms with Crippen LogP contribution >= 0.6 is 0 Å². The first-order valence-corrected chi connectivity index (χ1v) is 7.04. The molecule has 1 aromatic heterocycles. The Bertz CT molecular complexity index is 593. The van der Waals surface area contributed by atoms with Gasteiger partial charge in [0.1, 0.15) is 5.82 Å². The van der Waals surface area contributed by atoms with Crippen molar-refractivity contribution < 1.29 is 8.81 Å². The molecular formula is C15H18FN3O. The van der Waals surface area contributed by atoms with Gasteiger partial charge in [-0.3, -0.25) is 0 Å². The summed E-state index contributed by atoms with van der Waals surface area (Å²) in [6, 6.07) is 5.59.